The summed E-state index contributed by atoms with van der Waals surface area (Å²) in [5.74, 6) is 0.504. The molecule has 0 radical (unpaired) electrons. The maximum atomic E-state index is 13.6. The molecule has 0 fully saturated rings. The van der Waals surface area contributed by atoms with Crippen LogP contribution in [0, 0.1) is 13.8 Å². The summed E-state index contributed by atoms with van der Waals surface area (Å²) in [4.78, 5) is 49.7. The number of aromatic nitrogens is 4. The second kappa shape index (κ2) is 17.4. The molecule has 1 unspecified atom stereocenters. The van der Waals surface area contributed by atoms with Gasteiger partial charge >= 0.3 is 6.09 Å². The first-order chi connectivity index (χ1) is 23.7. The zero-order valence-electron chi connectivity index (χ0n) is 28.2. The predicted octanol–water partition coefficient (Wildman–Crippen LogP) is 3.72. The SMILES string of the molecule is CPC(=O)[C@H](CCN)NC(=O)CSSCCOC(=O)N(c1ccc(C)c(S(N)(=O)=O)c1)c1nccc(N(C)c2ccc3c(C)n(C)nc3c2)n1. The number of sulfonamides is 1. The van der Waals surface area contributed by atoms with Crippen molar-refractivity contribution < 1.29 is 27.5 Å². The van der Waals surface area contributed by atoms with Crippen molar-refractivity contribution in [3.63, 3.8) is 0 Å². The van der Waals surface area contributed by atoms with E-state index in [1.807, 2.05) is 48.8 Å². The van der Waals surface area contributed by atoms with Crippen LogP contribution in [0.4, 0.5) is 27.9 Å². The molecule has 0 aliphatic carbocycles. The van der Waals surface area contributed by atoms with E-state index >= 15 is 0 Å². The van der Waals surface area contributed by atoms with Gasteiger partial charge in [-0.25, -0.2) is 28.2 Å². The van der Waals surface area contributed by atoms with Crippen molar-refractivity contribution in [1.82, 2.24) is 25.1 Å². The van der Waals surface area contributed by atoms with Gasteiger partial charge in [0, 0.05) is 42.8 Å². The molecule has 4 aromatic rings. The minimum absolute atomic E-state index is 0.0448. The number of ether oxygens (including phenoxy) is 1. The average Bonchev–Trinajstić information content (AvgIpc) is 3.37. The van der Waals surface area contributed by atoms with E-state index < -0.39 is 22.2 Å². The van der Waals surface area contributed by atoms with Gasteiger partial charge in [0.2, 0.25) is 21.9 Å². The summed E-state index contributed by atoms with van der Waals surface area (Å²) in [5, 5.41) is 13.8. The van der Waals surface area contributed by atoms with Gasteiger partial charge in [0.05, 0.1) is 27.9 Å². The van der Waals surface area contributed by atoms with E-state index in [9.17, 15) is 22.8 Å². The number of anilines is 4. The third-order valence-corrected chi connectivity index (χ3v) is 11.7. The molecule has 268 valence electrons. The lowest BCUT2D eigenvalue weighted by Gasteiger charge is -2.23. The van der Waals surface area contributed by atoms with Gasteiger partial charge in [0.15, 0.2) is 5.52 Å². The lowest BCUT2D eigenvalue weighted by Crippen LogP contribution is -2.41. The molecule has 0 aliphatic heterocycles. The molecule has 2 aromatic carbocycles. The number of aryl methyl sites for hydroxylation is 3. The summed E-state index contributed by atoms with van der Waals surface area (Å²) >= 11 is 0. The molecule has 2 aromatic heterocycles. The molecule has 0 bridgehead atoms. The highest BCUT2D eigenvalue weighted by molar-refractivity contribution is 8.76. The Kier molecular flexibility index (Phi) is 13.6. The molecule has 2 heterocycles. The molecule has 2 amide bonds. The number of nitrogens with one attached hydrogen (secondary N) is 1. The van der Waals surface area contributed by atoms with Gasteiger partial charge < -0.3 is 20.7 Å². The number of hydrogen-bond donors (Lipinski definition) is 3. The van der Waals surface area contributed by atoms with Crippen LogP contribution in [-0.4, -0.2) is 90.1 Å². The van der Waals surface area contributed by atoms with Crippen molar-refractivity contribution in [3.05, 3.63) is 59.9 Å². The van der Waals surface area contributed by atoms with E-state index in [0.717, 1.165) is 27.2 Å². The predicted molar refractivity (Wildman–Crippen MR) is 201 cm³/mol. The van der Waals surface area contributed by atoms with Crippen molar-refractivity contribution in [2.24, 2.45) is 17.9 Å². The first-order valence-electron chi connectivity index (χ1n) is 15.3. The Balaban J connectivity index is 1.50. The fourth-order valence-electron chi connectivity index (χ4n) is 4.86. The van der Waals surface area contributed by atoms with Crippen LogP contribution < -0.4 is 26.0 Å². The highest BCUT2D eigenvalue weighted by atomic mass is 33.1. The smallest absolute Gasteiger partial charge is 0.421 e. The summed E-state index contributed by atoms with van der Waals surface area (Å²) in [6, 6.07) is 11.3. The Hall–Kier alpha value is -3.80. The van der Waals surface area contributed by atoms with Crippen molar-refractivity contribution in [2.75, 3.05) is 48.2 Å². The van der Waals surface area contributed by atoms with Gasteiger partial charge in [0.1, 0.15) is 12.4 Å². The highest BCUT2D eigenvalue weighted by Gasteiger charge is 2.26. The average molecular weight is 762 g/mol. The number of benzene rings is 2. The molecule has 0 saturated heterocycles. The topological polar surface area (TPSA) is 209 Å². The molecular weight excluding hydrogens is 722 g/mol. The third kappa shape index (κ3) is 9.70. The van der Waals surface area contributed by atoms with Crippen LogP contribution in [-0.2, 0) is 31.4 Å². The summed E-state index contributed by atoms with van der Waals surface area (Å²) in [6.07, 6.45) is 1.00. The third-order valence-electron chi connectivity index (χ3n) is 7.61. The highest BCUT2D eigenvalue weighted by Crippen LogP contribution is 2.31. The zero-order chi connectivity index (χ0) is 36.6. The Morgan fingerprint density at radius 2 is 1.84 bits per heavy atom. The van der Waals surface area contributed by atoms with Crippen LogP contribution >= 0.6 is 30.2 Å². The molecule has 19 heteroatoms. The number of primary sulfonamides is 1. The summed E-state index contributed by atoms with van der Waals surface area (Å²) in [6.45, 7) is 5.58. The number of hydrogen-bond acceptors (Lipinski definition) is 13. The summed E-state index contributed by atoms with van der Waals surface area (Å²) < 4.78 is 32.1. The Morgan fingerprint density at radius 1 is 1.10 bits per heavy atom. The van der Waals surface area contributed by atoms with Crippen LogP contribution in [0.3, 0.4) is 0 Å². The fraction of sp³-hybridized carbons (Fsp3) is 0.355. The molecule has 4 rings (SSSR count). The monoisotopic (exact) mass is 761 g/mol. The molecule has 0 saturated carbocycles. The molecule has 2 atom stereocenters. The zero-order valence-corrected chi connectivity index (χ0v) is 31.7. The van der Waals surface area contributed by atoms with Crippen molar-refractivity contribution in [3.8, 4) is 0 Å². The minimum atomic E-state index is -4.12. The van der Waals surface area contributed by atoms with Gasteiger partial charge in [-0.15, -0.1) is 0 Å². The second-order valence-electron chi connectivity index (χ2n) is 11.0. The number of rotatable bonds is 16. The minimum Gasteiger partial charge on any atom is -0.448 e. The van der Waals surface area contributed by atoms with Crippen LogP contribution in [0.15, 0.2) is 53.6 Å². The van der Waals surface area contributed by atoms with Crippen molar-refractivity contribution in [2.45, 2.75) is 31.2 Å². The number of nitrogens with two attached hydrogens (primary N) is 2. The van der Waals surface area contributed by atoms with Gasteiger partial charge in [-0.1, -0.05) is 36.2 Å². The van der Waals surface area contributed by atoms with E-state index in [1.165, 1.54) is 39.9 Å². The van der Waals surface area contributed by atoms with Gasteiger partial charge in [-0.3, -0.25) is 14.3 Å². The van der Waals surface area contributed by atoms with Gasteiger partial charge in [0.25, 0.3) is 0 Å². The van der Waals surface area contributed by atoms with Crippen LogP contribution in [0.2, 0.25) is 0 Å². The standard InChI is InChI=1S/C31H40N9O6PS3/c1-19-6-7-22(17-26(19)50(33,44)45)40(31(43)46-14-15-48-49-18-28(41)35-24(10-12-32)29(42)47-5)30-34-13-11-27(36-30)38(3)21-8-9-23-20(2)39(4)37-25(23)16-21/h6-9,11,13,16-17,24,47H,10,12,14-15,18,32H2,1-5H3,(H,35,41)(H2,33,44,45)/t24-/m0/s1. The Morgan fingerprint density at radius 3 is 2.54 bits per heavy atom. The van der Waals surface area contributed by atoms with E-state index in [1.54, 1.807) is 25.7 Å². The normalized spacial score (nSPS) is 12.3. The summed E-state index contributed by atoms with van der Waals surface area (Å²) in [7, 11) is 2.18. The number of fused-ring (bicyclic) bond motifs is 1. The van der Waals surface area contributed by atoms with Crippen molar-refractivity contribution in [1.29, 1.82) is 0 Å². The Labute approximate surface area is 300 Å². The van der Waals surface area contributed by atoms with E-state index in [-0.39, 0.29) is 55.4 Å². The van der Waals surface area contributed by atoms with Crippen LogP contribution in [0.1, 0.15) is 17.7 Å². The lowest BCUT2D eigenvalue weighted by atomic mass is 10.2. The number of amides is 2. The fourth-order valence-corrected chi connectivity index (χ4v) is 7.90. The maximum Gasteiger partial charge on any atom is 0.421 e. The maximum absolute atomic E-state index is 13.6. The molecule has 15 nitrogen and oxygen atoms in total. The summed E-state index contributed by atoms with van der Waals surface area (Å²) in [5.41, 5.74) is 8.67. The van der Waals surface area contributed by atoms with Crippen LogP contribution in [0.5, 0.6) is 0 Å². The van der Waals surface area contributed by atoms with E-state index in [4.69, 9.17) is 15.6 Å². The molecule has 0 spiro atoms. The molecule has 0 aliphatic rings. The Bertz CT molecular complexity index is 1980. The van der Waals surface area contributed by atoms with Gasteiger partial charge in [-0.2, -0.15) is 10.1 Å². The number of carbonyl (C=O) groups excluding carboxylic acids is 3. The lowest BCUT2D eigenvalue weighted by molar-refractivity contribution is -0.122. The van der Waals surface area contributed by atoms with Crippen molar-refractivity contribution >= 4 is 91.8 Å². The second-order valence-corrected chi connectivity index (χ2v) is 16.1. The number of carbonyl (C=O) groups is 3. The molecule has 50 heavy (non-hydrogen) atoms. The largest absolute Gasteiger partial charge is 0.448 e. The van der Waals surface area contributed by atoms with E-state index in [0.29, 0.717) is 23.6 Å². The number of nitrogens with zero attached hydrogens (tertiary/aromatic N) is 6. The first-order valence-corrected chi connectivity index (χ1v) is 20.8. The molecular formula is C31H40N9O6PS3. The van der Waals surface area contributed by atoms with Crippen LogP contribution in [0.25, 0.3) is 10.9 Å². The van der Waals surface area contributed by atoms with E-state index in [2.05, 4.69) is 20.4 Å². The van der Waals surface area contributed by atoms with Gasteiger partial charge in [-0.05, 0) is 75.4 Å². The first kappa shape index (κ1) is 39.0. The molecule has 5 N–H and O–H groups in total. The quantitative estimate of drug-likeness (QED) is 0.0846.